The third-order valence-electron chi connectivity index (χ3n) is 11.3. The molecule has 0 bridgehead atoms. The first-order chi connectivity index (χ1) is 31.0. The van der Waals surface area contributed by atoms with Crippen molar-refractivity contribution in [3.05, 3.63) is 60.8 Å². The van der Waals surface area contributed by atoms with Crippen molar-refractivity contribution in [3.63, 3.8) is 0 Å². The Kier molecular flexibility index (Phi) is 38.7. The normalized spacial score (nSPS) is 22.2. The molecule has 1 aliphatic rings. The highest BCUT2D eigenvalue weighted by atomic mass is 31.2. The van der Waals surface area contributed by atoms with Crippen LogP contribution in [0.2, 0.25) is 0 Å². The number of carbonyl (C=O) groups excluding carboxylic acids is 1. The number of hydrogen-bond donors (Lipinski definition) is 6. The van der Waals surface area contributed by atoms with Crippen molar-refractivity contribution in [2.45, 2.75) is 236 Å². The standard InChI is InChI=1S/C51H91O12P/c1-3-5-7-9-11-13-15-17-18-19-20-21-22-23-24-25-26-27-29-31-33-35-37-39-41-60-42-44(43-61-64(58,59)63-51-49(56)47(54)46(53)48(55)50(51)57)62-45(52)40-38-36-34-32-30-28-16-14-12-10-8-6-4-2/h8,10,14-17,19-20,22-23,44,46-51,53-57H,3-7,9,11-13,18,21,24-43H2,1-2H3,(H,58,59)/b10-8-,16-14-,17-15-,20-19-,23-22-. The minimum atomic E-state index is -5.03. The van der Waals surface area contributed by atoms with Gasteiger partial charge in [-0.2, -0.15) is 0 Å². The topological polar surface area (TPSA) is 192 Å². The average Bonchev–Trinajstić information content (AvgIpc) is 3.28. The summed E-state index contributed by atoms with van der Waals surface area (Å²) >= 11 is 0. The molecule has 1 fully saturated rings. The molecule has 1 aliphatic carbocycles. The maximum Gasteiger partial charge on any atom is 0.472 e. The molecule has 1 saturated carbocycles. The Balaban J connectivity index is 2.33. The SMILES string of the molecule is CCC/C=C\C/C=C\CCCCCCCC(=O)OC(COCCCCCCCCCCC/C=C\C/C=C\C/C=C\CCCCCCC)COP(=O)(O)OC1C(O)C(O)C(O)C(O)C1O. The molecule has 0 aromatic carbocycles. The molecule has 13 heteroatoms. The quantitative estimate of drug-likeness (QED) is 0.0147. The van der Waals surface area contributed by atoms with E-state index in [0.717, 1.165) is 96.3 Å². The molecular weight excluding hydrogens is 836 g/mol. The van der Waals surface area contributed by atoms with Gasteiger partial charge in [-0.3, -0.25) is 13.8 Å². The highest BCUT2D eigenvalue weighted by molar-refractivity contribution is 7.47. The zero-order valence-corrected chi connectivity index (χ0v) is 40.7. The van der Waals surface area contributed by atoms with Crippen LogP contribution < -0.4 is 0 Å². The number of allylic oxidation sites excluding steroid dienone is 10. The van der Waals surface area contributed by atoms with Gasteiger partial charge in [0.2, 0.25) is 0 Å². The molecule has 0 aliphatic heterocycles. The summed E-state index contributed by atoms with van der Waals surface area (Å²) in [5, 5.41) is 50.2. The Bertz CT molecular complexity index is 1290. The number of unbranched alkanes of at least 4 members (excludes halogenated alkanes) is 20. The van der Waals surface area contributed by atoms with E-state index in [-0.39, 0.29) is 13.0 Å². The number of carbonyl (C=O) groups is 1. The van der Waals surface area contributed by atoms with Crippen LogP contribution in [0.5, 0.6) is 0 Å². The summed E-state index contributed by atoms with van der Waals surface area (Å²) < 4.78 is 34.2. The monoisotopic (exact) mass is 927 g/mol. The first-order valence-corrected chi connectivity index (χ1v) is 26.6. The van der Waals surface area contributed by atoms with Crippen molar-refractivity contribution >= 4 is 13.8 Å². The highest BCUT2D eigenvalue weighted by Gasteiger charge is 2.51. The Morgan fingerprint density at radius 3 is 1.39 bits per heavy atom. The summed E-state index contributed by atoms with van der Waals surface area (Å²) in [4.78, 5) is 23.2. The molecule has 0 heterocycles. The summed E-state index contributed by atoms with van der Waals surface area (Å²) in [5.41, 5.74) is 0. The fraction of sp³-hybridized carbons (Fsp3) is 0.784. The van der Waals surface area contributed by atoms with Gasteiger partial charge in [0.1, 0.15) is 42.7 Å². The van der Waals surface area contributed by atoms with Gasteiger partial charge in [0, 0.05) is 13.0 Å². The van der Waals surface area contributed by atoms with Crippen molar-refractivity contribution in [2.75, 3.05) is 19.8 Å². The van der Waals surface area contributed by atoms with Crippen LogP contribution >= 0.6 is 7.82 Å². The Labute approximate surface area is 387 Å². The number of rotatable bonds is 42. The maximum atomic E-state index is 12.8. The summed E-state index contributed by atoms with van der Waals surface area (Å²) in [7, 11) is -5.03. The molecule has 6 unspecified atom stereocenters. The Morgan fingerprint density at radius 2 is 0.906 bits per heavy atom. The van der Waals surface area contributed by atoms with Gasteiger partial charge in [0.25, 0.3) is 0 Å². The fourth-order valence-electron chi connectivity index (χ4n) is 7.34. The molecule has 0 radical (unpaired) electrons. The van der Waals surface area contributed by atoms with Crippen molar-refractivity contribution in [2.24, 2.45) is 0 Å². The molecular formula is C51H91O12P. The lowest BCUT2D eigenvalue weighted by Crippen LogP contribution is -2.64. The number of ether oxygens (including phenoxy) is 2. The van der Waals surface area contributed by atoms with E-state index in [0.29, 0.717) is 13.0 Å². The van der Waals surface area contributed by atoms with E-state index in [1.54, 1.807) is 0 Å². The van der Waals surface area contributed by atoms with Crippen LogP contribution in [0.4, 0.5) is 0 Å². The van der Waals surface area contributed by atoms with Gasteiger partial charge in [-0.25, -0.2) is 4.57 Å². The van der Waals surface area contributed by atoms with Crippen molar-refractivity contribution in [1.29, 1.82) is 0 Å². The van der Waals surface area contributed by atoms with E-state index < -0.39 is 63.1 Å². The van der Waals surface area contributed by atoms with Crippen LogP contribution in [0.25, 0.3) is 0 Å². The number of aliphatic hydroxyl groups excluding tert-OH is 5. The minimum Gasteiger partial charge on any atom is -0.457 e. The van der Waals surface area contributed by atoms with E-state index in [1.807, 2.05) is 0 Å². The molecule has 0 spiro atoms. The van der Waals surface area contributed by atoms with E-state index in [9.17, 15) is 39.8 Å². The summed E-state index contributed by atoms with van der Waals surface area (Å²) in [6, 6.07) is 0. The van der Waals surface area contributed by atoms with Gasteiger partial charge in [-0.1, -0.05) is 171 Å². The number of phosphoric acid groups is 1. The molecule has 1 rings (SSSR count). The largest absolute Gasteiger partial charge is 0.472 e. The second-order valence-corrected chi connectivity index (χ2v) is 18.7. The van der Waals surface area contributed by atoms with Crippen LogP contribution in [0.3, 0.4) is 0 Å². The lowest BCUT2D eigenvalue weighted by atomic mass is 9.85. The van der Waals surface area contributed by atoms with Gasteiger partial charge >= 0.3 is 13.8 Å². The van der Waals surface area contributed by atoms with Crippen LogP contribution in [-0.4, -0.2) is 98.9 Å². The molecule has 6 atom stereocenters. The first-order valence-electron chi connectivity index (χ1n) is 25.1. The Morgan fingerprint density at radius 1 is 0.500 bits per heavy atom. The molecule has 0 aromatic rings. The van der Waals surface area contributed by atoms with Crippen LogP contribution in [0, 0.1) is 0 Å². The number of phosphoric ester groups is 1. The number of hydrogen-bond acceptors (Lipinski definition) is 11. The zero-order valence-electron chi connectivity index (χ0n) is 39.8. The van der Waals surface area contributed by atoms with E-state index in [2.05, 4.69) is 74.6 Å². The van der Waals surface area contributed by atoms with Gasteiger partial charge in [-0.05, 0) is 77.0 Å². The van der Waals surface area contributed by atoms with Crippen molar-refractivity contribution < 1.29 is 58.3 Å². The van der Waals surface area contributed by atoms with Crippen LogP contribution in [0.15, 0.2) is 60.8 Å². The van der Waals surface area contributed by atoms with Gasteiger partial charge in [0.05, 0.1) is 13.2 Å². The molecule has 12 nitrogen and oxygen atoms in total. The second kappa shape index (κ2) is 41.2. The smallest absolute Gasteiger partial charge is 0.457 e. The average molecular weight is 927 g/mol. The van der Waals surface area contributed by atoms with E-state index in [1.165, 1.54) is 70.6 Å². The maximum absolute atomic E-state index is 12.8. The lowest BCUT2D eigenvalue weighted by molar-refractivity contribution is -0.220. The third kappa shape index (κ3) is 32.7. The van der Waals surface area contributed by atoms with Crippen LogP contribution in [-0.2, 0) is 27.9 Å². The van der Waals surface area contributed by atoms with Gasteiger partial charge < -0.3 is 39.9 Å². The van der Waals surface area contributed by atoms with Crippen LogP contribution in [0.1, 0.15) is 194 Å². The summed E-state index contributed by atoms with van der Waals surface area (Å²) in [5.74, 6) is -0.495. The second-order valence-electron chi connectivity index (χ2n) is 17.3. The predicted octanol–water partition coefficient (Wildman–Crippen LogP) is 11.0. The molecule has 0 saturated heterocycles. The number of aliphatic hydroxyl groups is 5. The summed E-state index contributed by atoms with van der Waals surface area (Å²) in [6.45, 7) is 4.15. The summed E-state index contributed by atoms with van der Waals surface area (Å²) in [6.07, 6.45) is 40.1. The minimum absolute atomic E-state index is 0.0885. The highest BCUT2D eigenvalue weighted by Crippen LogP contribution is 2.47. The fourth-order valence-corrected chi connectivity index (χ4v) is 8.31. The molecule has 0 aromatic heterocycles. The first kappa shape index (κ1) is 60.1. The van der Waals surface area contributed by atoms with E-state index >= 15 is 0 Å². The third-order valence-corrected chi connectivity index (χ3v) is 12.3. The zero-order chi connectivity index (χ0) is 46.9. The molecule has 372 valence electrons. The van der Waals surface area contributed by atoms with Gasteiger partial charge in [0.15, 0.2) is 0 Å². The van der Waals surface area contributed by atoms with Gasteiger partial charge in [-0.15, -0.1) is 0 Å². The molecule has 6 N–H and O–H groups in total. The predicted molar refractivity (Wildman–Crippen MR) is 258 cm³/mol. The molecule has 64 heavy (non-hydrogen) atoms. The Hall–Kier alpha value is -1.96. The number of esters is 1. The molecule has 0 amide bonds. The van der Waals surface area contributed by atoms with E-state index in [4.69, 9.17) is 18.5 Å². The van der Waals surface area contributed by atoms with Crippen molar-refractivity contribution in [1.82, 2.24) is 0 Å². The lowest BCUT2D eigenvalue weighted by Gasteiger charge is -2.41. The van der Waals surface area contributed by atoms with Crippen molar-refractivity contribution in [3.8, 4) is 0 Å².